The zero-order valence-electron chi connectivity index (χ0n) is 10.9. The molecule has 2 heterocycles. The highest BCUT2D eigenvalue weighted by Gasteiger charge is 2.29. The highest BCUT2D eigenvalue weighted by molar-refractivity contribution is 7.92. The SMILES string of the molecule is CS(=O)(=O)c1cc(C(=O)N2CCCC(C(=O)O)C2)cs1. The van der Waals surface area contributed by atoms with Gasteiger partial charge in [-0.1, -0.05) is 0 Å². The molecule has 0 bridgehead atoms. The number of rotatable bonds is 3. The molecule has 8 heteroatoms. The summed E-state index contributed by atoms with van der Waals surface area (Å²) in [5, 5.41) is 10.5. The number of thiophene rings is 1. The molecule has 0 saturated carbocycles. The summed E-state index contributed by atoms with van der Waals surface area (Å²) in [7, 11) is -3.32. The Morgan fingerprint density at radius 2 is 2.15 bits per heavy atom. The Hall–Kier alpha value is -1.41. The minimum atomic E-state index is -3.32. The molecule has 1 atom stereocenters. The van der Waals surface area contributed by atoms with Gasteiger partial charge in [0.15, 0.2) is 9.84 Å². The number of hydrogen-bond donors (Lipinski definition) is 1. The zero-order valence-corrected chi connectivity index (χ0v) is 12.5. The van der Waals surface area contributed by atoms with E-state index >= 15 is 0 Å². The molecule has 1 saturated heterocycles. The van der Waals surface area contributed by atoms with Gasteiger partial charge in [0.2, 0.25) is 0 Å². The van der Waals surface area contributed by atoms with E-state index in [-0.39, 0.29) is 16.7 Å². The lowest BCUT2D eigenvalue weighted by atomic mass is 9.98. The van der Waals surface area contributed by atoms with Crippen molar-refractivity contribution in [1.29, 1.82) is 0 Å². The number of sulfone groups is 1. The Balaban J connectivity index is 2.15. The Morgan fingerprint density at radius 3 is 2.70 bits per heavy atom. The number of nitrogens with zero attached hydrogens (tertiary/aromatic N) is 1. The quantitative estimate of drug-likeness (QED) is 0.901. The third kappa shape index (κ3) is 3.18. The molecule has 20 heavy (non-hydrogen) atoms. The molecular formula is C12H15NO5S2. The lowest BCUT2D eigenvalue weighted by Crippen LogP contribution is -2.42. The fourth-order valence-corrected chi connectivity index (χ4v) is 3.96. The Morgan fingerprint density at radius 1 is 1.45 bits per heavy atom. The molecule has 1 aliphatic heterocycles. The molecule has 110 valence electrons. The van der Waals surface area contributed by atoms with Gasteiger partial charge < -0.3 is 10.0 Å². The second-order valence-electron chi connectivity index (χ2n) is 4.86. The van der Waals surface area contributed by atoms with Gasteiger partial charge in [-0.15, -0.1) is 11.3 Å². The van der Waals surface area contributed by atoms with Gasteiger partial charge in [0.05, 0.1) is 11.5 Å². The van der Waals surface area contributed by atoms with Crippen molar-refractivity contribution in [2.24, 2.45) is 5.92 Å². The van der Waals surface area contributed by atoms with E-state index in [9.17, 15) is 18.0 Å². The Labute approximate surface area is 120 Å². The standard InChI is InChI=1S/C12H15NO5S2/c1-20(17,18)10-5-9(7-19-10)11(14)13-4-2-3-8(6-13)12(15)16/h5,7-8H,2-4,6H2,1H3,(H,15,16). The van der Waals surface area contributed by atoms with E-state index in [4.69, 9.17) is 5.11 Å². The van der Waals surface area contributed by atoms with E-state index in [1.807, 2.05) is 0 Å². The fraction of sp³-hybridized carbons (Fsp3) is 0.500. The third-order valence-electron chi connectivity index (χ3n) is 3.25. The second-order valence-corrected chi connectivity index (χ2v) is 8.01. The van der Waals surface area contributed by atoms with Crippen LogP contribution in [0.5, 0.6) is 0 Å². The Bertz CT molecular complexity index is 634. The predicted octanol–water partition coefficient (Wildman–Crippen LogP) is 1.09. The van der Waals surface area contributed by atoms with Gasteiger partial charge in [-0.25, -0.2) is 8.42 Å². The van der Waals surface area contributed by atoms with Crippen LogP contribution in [-0.2, 0) is 14.6 Å². The van der Waals surface area contributed by atoms with Crippen LogP contribution in [0.25, 0.3) is 0 Å². The molecule has 0 aromatic carbocycles. The van der Waals surface area contributed by atoms with Crippen LogP contribution in [0.15, 0.2) is 15.7 Å². The fourth-order valence-electron chi connectivity index (χ4n) is 2.17. The summed E-state index contributed by atoms with van der Waals surface area (Å²) in [6, 6.07) is 1.35. The van der Waals surface area contributed by atoms with Crippen molar-refractivity contribution in [1.82, 2.24) is 4.90 Å². The average Bonchev–Trinajstić information content (AvgIpc) is 2.87. The lowest BCUT2D eigenvalue weighted by Gasteiger charge is -2.30. The Kier molecular flexibility index (Phi) is 4.14. The van der Waals surface area contributed by atoms with Crippen molar-refractivity contribution in [3.63, 3.8) is 0 Å². The van der Waals surface area contributed by atoms with Crippen LogP contribution in [0.4, 0.5) is 0 Å². The molecule has 1 aliphatic rings. The minimum Gasteiger partial charge on any atom is -0.481 e. The monoisotopic (exact) mass is 317 g/mol. The second kappa shape index (κ2) is 5.53. The highest BCUT2D eigenvalue weighted by Crippen LogP contribution is 2.24. The lowest BCUT2D eigenvalue weighted by molar-refractivity contribution is -0.143. The molecule has 2 rings (SSSR count). The molecule has 0 spiro atoms. The number of hydrogen-bond acceptors (Lipinski definition) is 5. The van der Waals surface area contributed by atoms with Gasteiger partial charge in [0.25, 0.3) is 5.91 Å². The summed E-state index contributed by atoms with van der Waals surface area (Å²) in [4.78, 5) is 24.7. The number of carbonyl (C=O) groups excluding carboxylic acids is 1. The van der Waals surface area contributed by atoms with Crippen molar-refractivity contribution in [3.8, 4) is 0 Å². The zero-order chi connectivity index (χ0) is 14.9. The summed E-state index contributed by atoms with van der Waals surface area (Å²) >= 11 is 1.00. The van der Waals surface area contributed by atoms with E-state index in [2.05, 4.69) is 0 Å². The van der Waals surface area contributed by atoms with Gasteiger partial charge in [0.1, 0.15) is 4.21 Å². The first-order valence-corrected chi connectivity index (χ1v) is 8.87. The summed E-state index contributed by atoms with van der Waals surface area (Å²) in [6.45, 7) is 0.685. The van der Waals surface area contributed by atoms with Gasteiger partial charge in [0, 0.05) is 24.7 Å². The largest absolute Gasteiger partial charge is 0.481 e. The van der Waals surface area contributed by atoms with Crippen molar-refractivity contribution in [2.45, 2.75) is 17.1 Å². The topological polar surface area (TPSA) is 91.8 Å². The molecule has 1 amide bonds. The number of piperidine rings is 1. The van der Waals surface area contributed by atoms with Crippen molar-refractivity contribution < 1.29 is 23.1 Å². The van der Waals surface area contributed by atoms with Crippen LogP contribution < -0.4 is 0 Å². The number of carboxylic acid groups (broad SMARTS) is 1. The van der Waals surface area contributed by atoms with Crippen molar-refractivity contribution in [3.05, 3.63) is 17.0 Å². The van der Waals surface area contributed by atoms with Crippen LogP contribution in [0.2, 0.25) is 0 Å². The number of carbonyl (C=O) groups is 2. The maximum absolute atomic E-state index is 12.3. The molecule has 1 unspecified atom stereocenters. The van der Waals surface area contributed by atoms with Gasteiger partial charge in [-0.05, 0) is 18.9 Å². The average molecular weight is 317 g/mol. The van der Waals surface area contributed by atoms with E-state index in [0.29, 0.717) is 24.9 Å². The minimum absolute atomic E-state index is 0.146. The third-order valence-corrected chi connectivity index (χ3v) is 6.01. The first-order valence-electron chi connectivity index (χ1n) is 6.09. The summed E-state index contributed by atoms with van der Waals surface area (Å²) < 4.78 is 22.9. The van der Waals surface area contributed by atoms with Crippen LogP contribution in [0, 0.1) is 5.92 Å². The molecule has 0 aliphatic carbocycles. The number of likely N-dealkylation sites (tertiary alicyclic amines) is 1. The smallest absolute Gasteiger partial charge is 0.308 e. The first-order chi connectivity index (χ1) is 9.29. The van der Waals surface area contributed by atoms with E-state index in [0.717, 1.165) is 17.6 Å². The molecule has 1 aromatic heterocycles. The van der Waals surface area contributed by atoms with Gasteiger partial charge in [-0.2, -0.15) is 0 Å². The molecule has 1 fully saturated rings. The number of carboxylic acids is 1. The number of amides is 1. The summed E-state index contributed by atoms with van der Waals surface area (Å²) in [6.07, 6.45) is 2.30. The predicted molar refractivity (Wildman–Crippen MR) is 73.7 cm³/mol. The van der Waals surface area contributed by atoms with E-state index in [1.54, 1.807) is 0 Å². The first kappa shape index (κ1) is 15.0. The molecule has 1 N–H and O–H groups in total. The maximum atomic E-state index is 12.3. The van der Waals surface area contributed by atoms with Crippen molar-refractivity contribution >= 4 is 33.1 Å². The molecule has 0 radical (unpaired) electrons. The highest BCUT2D eigenvalue weighted by atomic mass is 32.2. The van der Waals surface area contributed by atoms with Crippen LogP contribution >= 0.6 is 11.3 Å². The summed E-state index contributed by atoms with van der Waals surface area (Å²) in [5.41, 5.74) is 0.307. The molecular weight excluding hydrogens is 302 g/mol. The van der Waals surface area contributed by atoms with Gasteiger partial charge in [-0.3, -0.25) is 9.59 Å². The van der Waals surface area contributed by atoms with Crippen LogP contribution in [0.1, 0.15) is 23.2 Å². The van der Waals surface area contributed by atoms with Crippen molar-refractivity contribution in [2.75, 3.05) is 19.3 Å². The normalized spacial score (nSPS) is 19.9. The number of aliphatic carboxylic acids is 1. The molecule has 1 aromatic rings. The maximum Gasteiger partial charge on any atom is 0.308 e. The molecule has 6 nitrogen and oxygen atoms in total. The van der Waals surface area contributed by atoms with Crippen LogP contribution in [0.3, 0.4) is 0 Å². The van der Waals surface area contributed by atoms with Gasteiger partial charge >= 0.3 is 5.97 Å². The summed E-state index contributed by atoms with van der Waals surface area (Å²) in [5.74, 6) is -1.74. The van der Waals surface area contributed by atoms with Crippen LogP contribution in [-0.4, -0.2) is 49.6 Å². The van der Waals surface area contributed by atoms with E-state index in [1.165, 1.54) is 16.3 Å². The van der Waals surface area contributed by atoms with E-state index < -0.39 is 21.7 Å².